The first-order valence-electron chi connectivity index (χ1n) is 10.8. The Hall–Kier alpha value is -2.27. The van der Waals surface area contributed by atoms with Gasteiger partial charge in [0.05, 0.1) is 16.2 Å². The summed E-state index contributed by atoms with van der Waals surface area (Å²) in [6.45, 7) is 8.90. The Labute approximate surface area is 209 Å². The molecule has 3 rings (SSSR count). The topological polar surface area (TPSA) is 79.8 Å². The highest BCUT2D eigenvalue weighted by molar-refractivity contribution is 7.92. The fraction of sp³-hybridized carbons (Fsp3) is 0.391. The lowest BCUT2D eigenvalue weighted by Crippen LogP contribution is -2.41. The van der Waals surface area contributed by atoms with Gasteiger partial charge in [-0.25, -0.2) is 17.8 Å². The van der Waals surface area contributed by atoms with Crippen LogP contribution in [-0.4, -0.2) is 62.7 Å². The average Bonchev–Trinajstić information content (AvgIpc) is 3.22. The molecule has 0 bridgehead atoms. The maximum absolute atomic E-state index is 13.3. The molecule has 3 aromatic rings. The molecule has 0 atom stereocenters. The van der Waals surface area contributed by atoms with E-state index in [0.29, 0.717) is 36.1 Å². The number of aromatic nitrogens is 1. The molecule has 0 spiro atoms. The van der Waals surface area contributed by atoms with Gasteiger partial charge >= 0.3 is 0 Å². The van der Waals surface area contributed by atoms with E-state index in [-0.39, 0.29) is 17.3 Å². The van der Waals surface area contributed by atoms with E-state index in [1.807, 2.05) is 39.0 Å². The molecule has 0 aliphatic heterocycles. The minimum absolute atomic E-state index is 0. The van der Waals surface area contributed by atoms with Gasteiger partial charge in [-0.1, -0.05) is 31.3 Å². The van der Waals surface area contributed by atoms with Gasteiger partial charge in [-0.3, -0.25) is 9.69 Å². The number of carbonyl (C=O) groups excluding carboxylic acids is 1. The number of hydrogen-bond donors (Lipinski definition) is 0. The number of benzene rings is 2. The number of rotatable bonds is 11. The van der Waals surface area contributed by atoms with Crippen molar-refractivity contribution in [2.75, 3.05) is 43.4 Å². The van der Waals surface area contributed by atoms with Crippen LogP contribution >= 0.6 is 23.7 Å². The molecule has 11 heteroatoms. The molecule has 1 aromatic heterocycles. The molecular weight excluding hydrogens is 501 g/mol. The summed E-state index contributed by atoms with van der Waals surface area (Å²) < 4.78 is 45.4. The maximum Gasteiger partial charge on any atom is 0.244 e. The maximum atomic E-state index is 13.3. The van der Waals surface area contributed by atoms with Crippen LogP contribution in [0.4, 0.5) is 9.52 Å². The van der Waals surface area contributed by atoms with Crippen molar-refractivity contribution in [3.8, 4) is 5.75 Å². The molecule has 186 valence electrons. The van der Waals surface area contributed by atoms with E-state index >= 15 is 0 Å². The van der Waals surface area contributed by atoms with Gasteiger partial charge < -0.3 is 9.64 Å². The molecule has 34 heavy (non-hydrogen) atoms. The predicted molar refractivity (Wildman–Crippen MR) is 137 cm³/mol. The number of amides is 1. The second-order valence-corrected chi connectivity index (χ2v) is 10.3. The lowest BCUT2D eigenvalue weighted by Gasteiger charge is -2.24. The predicted octanol–water partition coefficient (Wildman–Crippen LogP) is 4.40. The molecule has 7 nitrogen and oxygen atoms in total. The molecule has 0 saturated carbocycles. The first kappa shape index (κ1) is 28.0. The van der Waals surface area contributed by atoms with Crippen molar-refractivity contribution >= 4 is 54.8 Å². The summed E-state index contributed by atoms with van der Waals surface area (Å²) >= 11 is 1.32. The summed E-state index contributed by atoms with van der Waals surface area (Å²) in [6.07, 6.45) is 0. The molecule has 1 amide bonds. The van der Waals surface area contributed by atoms with Crippen molar-refractivity contribution < 1.29 is 22.3 Å². The summed E-state index contributed by atoms with van der Waals surface area (Å²) in [6, 6.07) is 10.0. The number of sulfone groups is 1. The van der Waals surface area contributed by atoms with Crippen molar-refractivity contribution in [3.05, 3.63) is 48.3 Å². The highest BCUT2D eigenvalue weighted by atomic mass is 35.5. The van der Waals surface area contributed by atoms with Crippen LogP contribution in [0.25, 0.3) is 10.2 Å². The normalized spacial score (nSPS) is 11.4. The third-order valence-electron chi connectivity index (χ3n) is 5.22. The number of halogens is 2. The first-order chi connectivity index (χ1) is 15.8. The zero-order valence-corrected chi connectivity index (χ0v) is 21.8. The summed E-state index contributed by atoms with van der Waals surface area (Å²) in [4.78, 5) is 21.4. The van der Waals surface area contributed by atoms with E-state index in [1.165, 1.54) is 28.4 Å². The Balaban J connectivity index is 0.00000408. The zero-order valence-electron chi connectivity index (χ0n) is 19.4. The molecule has 2 aromatic carbocycles. The van der Waals surface area contributed by atoms with Crippen LogP contribution in [-0.2, 0) is 14.6 Å². The molecular formula is C23H29ClFN3O4S2. The fourth-order valence-corrected chi connectivity index (χ4v) is 5.60. The smallest absolute Gasteiger partial charge is 0.244 e. The van der Waals surface area contributed by atoms with Gasteiger partial charge in [-0.2, -0.15) is 0 Å². The molecule has 1 heterocycles. The largest absolute Gasteiger partial charge is 0.492 e. The number of anilines is 1. The zero-order chi connectivity index (χ0) is 24.0. The SMILES string of the molecule is CCOc1cccc2sc(N(CCN(CC)CC)C(=O)CS(=O)(=O)c3ccc(F)cc3)nc12.Cl. The van der Waals surface area contributed by atoms with Gasteiger partial charge in [0, 0.05) is 13.1 Å². The van der Waals surface area contributed by atoms with E-state index in [0.717, 1.165) is 29.9 Å². The van der Waals surface area contributed by atoms with E-state index in [1.54, 1.807) is 0 Å². The summed E-state index contributed by atoms with van der Waals surface area (Å²) in [5, 5.41) is 0.420. The Bertz CT molecular complexity index is 1200. The van der Waals surface area contributed by atoms with Gasteiger partial charge in [0.2, 0.25) is 5.91 Å². The number of fused-ring (bicyclic) bond motifs is 1. The number of ether oxygens (including phenoxy) is 1. The Morgan fingerprint density at radius 1 is 1.06 bits per heavy atom. The van der Waals surface area contributed by atoms with Crippen molar-refractivity contribution in [2.45, 2.75) is 25.7 Å². The highest BCUT2D eigenvalue weighted by Crippen LogP contribution is 2.34. The van der Waals surface area contributed by atoms with Crippen LogP contribution in [0.2, 0.25) is 0 Å². The van der Waals surface area contributed by atoms with E-state index in [9.17, 15) is 17.6 Å². The second kappa shape index (κ2) is 12.4. The molecule has 0 unspecified atom stereocenters. The van der Waals surface area contributed by atoms with Crippen LogP contribution in [0, 0.1) is 5.82 Å². The highest BCUT2D eigenvalue weighted by Gasteiger charge is 2.27. The van der Waals surface area contributed by atoms with Crippen LogP contribution in [0.5, 0.6) is 5.75 Å². The summed E-state index contributed by atoms with van der Waals surface area (Å²) in [5.74, 6) is -1.23. The molecule has 0 aliphatic rings. The third kappa shape index (κ3) is 6.65. The van der Waals surface area contributed by atoms with Crippen LogP contribution < -0.4 is 9.64 Å². The average molecular weight is 530 g/mol. The number of thiazole rings is 1. The van der Waals surface area contributed by atoms with Gasteiger partial charge in [0.25, 0.3) is 0 Å². The first-order valence-corrected chi connectivity index (χ1v) is 13.3. The van der Waals surface area contributed by atoms with E-state index in [4.69, 9.17) is 4.74 Å². The number of carbonyl (C=O) groups is 1. The molecule has 0 fully saturated rings. The lowest BCUT2D eigenvalue weighted by molar-refractivity contribution is -0.116. The van der Waals surface area contributed by atoms with Gasteiger partial charge in [0.1, 0.15) is 22.8 Å². The fourth-order valence-electron chi connectivity index (χ4n) is 3.37. The molecule has 0 N–H and O–H groups in total. The lowest BCUT2D eigenvalue weighted by atomic mass is 10.3. The third-order valence-corrected chi connectivity index (χ3v) is 7.88. The number of hydrogen-bond acceptors (Lipinski definition) is 7. The molecule has 0 aliphatic carbocycles. The standard InChI is InChI=1S/C23H28FN3O4S2.ClH/c1-4-26(5-2)14-15-27(21(28)16-33(29,30)18-12-10-17(24)11-13-18)23-25-22-19(31-6-3)8-7-9-20(22)32-23;/h7-13H,4-6,14-16H2,1-3H3;1H. The number of likely N-dealkylation sites (N-methyl/N-ethyl adjacent to an activating group) is 1. The van der Waals surface area contributed by atoms with E-state index in [2.05, 4.69) is 9.88 Å². The van der Waals surface area contributed by atoms with Crippen LogP contribution in [0.15, 0.2) is 47.4 Å². The number of para-hydroxylation sites is 1. The van der Waals surface area contributed by atoms with Crippen molar-refractivity contribution in [1.82, 2.24) is 9.88 Å². The van der Waals surface area contributed by atoms with Gasteiger partial charge in [-0.15, -0.1) is 12.4 Å². The van der Waals surface area contributed by atoms with Crippen molar-refractivity contribution in [3.63, 3.8) is 0 Å². The minimum Gasteiger partial charge on any atom is -0.492 e. The van der Waals surface area contributed by atoms with Crippen LogP contribution in [0.1, 0.15) is 20.8 Å². The van der Waals surface area contributed by atoms with Crippen LogP contribution in [0.3, 0.4) is 0 Å². The number of nitrogens with zero attached hydrogens (tertiary/aromatic N) is 3. The second-order valence-electron chi connectivity index (χ2n) is 7.32. The van der Waals surface area contributed by atoms with Gasteiger partial charge in [-0.05, 0) is 56.4 Å². The van der Waals surface area contributed by atoms with E-state index < -0.39 is 27.3 Å². The van der Waals surface area contributed by atoms with Crippen molar-refractivity contribution in [1.29, 1.82) is 0 Å². The minimum atomic E-state index is -3.95. The Morgan fingerprint density at radius 3 is 2.35 bits per heavy atom. The van der Waals surface area contributed by atoms with Gasteiger partial charge in [0.15, 0.2) is 15.0 Å². The summed E-state index contributed by atoms with van der Waals surface area (Å²) in [7, 11) is -3.95. The Kier molecular flexibility index (Phi) is 10.2. The molecule has 0 radical (unpaired) electrons. The van der Waals surface area contributed by atoms with Crippen molar-refractivity contribution in [2.24, 2.45) is 0 Å². The molecule has 0 saturated heterocycles. The Morgan fingerprint density at radius 2 is 1.74 bits per heavy atom. The monoisotopic (exact) mass is 529 g/mol. The quantitative estimate of drug-likeness (QED) is 0.342. The summed E-state index contributed by atoms with van der Waals surface area (Å²) in [5.41, 5.74) is 0.640.